The minimum Gasteiger partial charge on any atom is -0.354 e. The second-order valence-electron chi connectivity index (χ2n) is 5.40. The number of nitrogens with one attached hydrogen (secondary N) is 1. The predicted molar refractivity (Wildman–Crippen MR) is 83.1 cm³/mol. The highest BCUT2D eigenvalue weighted by Gasteiger charge is 2.27. The largest absolute Gasteiger partial charge is 0.354 e. The van der Waals surface area contributed by atoms with E-state index < -0.39 is 6.04 Å². The van der Waals surface area contributed by atoms with E-state index in [1.807, 2.05) is 32.0 Å². The van der Waals surface area contributed by atoms with Gasteiger partial charge in [-0.1, -0.05) is 19.9 Å². The number of amides is 1. The van der Waals surface area contributed by atoms with Crippen LogP contribution < -0.4 is 16.0 Å². The number of pyridine rings is 1. The van der Waals surface area contributed by atoms with Crippen LogP contribution in [-0.2, 0) is 4.79 Å². The molecule has 2 heterocycles. The highest BCUT2D eigenvalue weighted by atomic mass is 35.5. The van der Waals surface area contributed by atoms with Crippen molar-refractivity contribution in [2.24, 2.45) is 11.7 Å². The Kier molecular flexibility index (Phi) is 6.23. The van der Waals surface area contributed by atoms with Crippen molar-refractivity contribution in [1.82, 2.24) is 10.3 Å². The lowest BCUT2D eigenvalue weighted by Gasteiger charge is -2.20. The van der Waals surface area contributed by atoms with Crippen molar-refractivity contribution in [3.8, 4) is 0 Å². The fraction of sp³-hybridized carbons (Fsp3) is 0.571. The molecular weight excluding hydrogens is 276 g/mol. The summed E-state index contributed by atoms with van der Waals surface area (Å²) in [5.74, 6) is 1.07. The van der Waals surface area contributed by atoms with E-state index >= 15 is 0 Å². The van der Waals surface area contributed by atoms with Crippen LogP contribution in [0, 0.1) is 5.92 Å². The van der Waals surface area contributed by atoms with Gasteiger partial charge in [-0.15, -0.1) is 12.4 Å². The van der Waals surface area contributed by atoms with Gasteiger partial charge >= 0.3 is 0 Å². The van der Waals surface area contributed by atoms with E-state index in [2.05, 4.69) is 15.2 Å². The van der Waals surface area contributed by atoms with Crippen LogP contribution >= 0.6 is 12.4 Å². The molecule has 0 saturated carbocycles. The Labute approximate surface area is 126 Å². The highest BCUT2D eigenvalue weighted by molar-refractivity contribution is 5.85. The van der Waals surface area contributed by atoms with Crippen LogP contribution in [0.15, 0.2) is 24.4 Å². The SMILES string of the molecule is CC(C)[C@H](N)C(=O)NC1CCN(c2ccccn2)C1.Cl. The Morgan fingerprint density at radius 2 is 2.25 bits per heavy atom. The highest BCUT2D eigenvalue weighted by Crippen LogP contribution is 2.17. The van der Waals surface area contributed by atoms with Crippen LogP contribution in [0.25, 0.3) is 0 Å². The second kappa shape index (κ2) is 7.45. The van der Waals surface area contributed by atoms with Crippen molar-refractivity contribution < 1.29 is 4.79 Å². The van der Waals surface area contributed by atoms with Crippen LogP contribution in [0.5, 0.6) is 0 Å². The Morgan fingerprint density at radius 3 is 2.85 bits per heavy atom. The smallest absolute Gasteiger partial charge is 0.237 e. The van der Waals surface area contributed by atoms with E-state index in [0.717, 1.165) is 25.3 Å². The van der Waals surface area contributed by atoms with Crippen LogP contribution in [0.4, 0.5) is 5.82 Å². The molecule has 0 bridgehead atoms. The lowest BCUT2D eigenvalue weighted by Crippen LogP contribution is -2.48. The molecule has 1 amide bonds. The molecule has 0 aromatic carbocycles. The maximum absolute atomic E-state index is 11.9. The molecule has 2 rings (SSSR count). The third-order valence-corrected chi connectivity index (χ3v) is 3.53. The van der Waals surface area contributed by atoms with Crippen LogP contribution in [0.2, 0.25) is 0 Å². The number of hydrogen-bond acceptors (Lipinski definition) is 4. The van der Waals surface area contributed by atoms with Gasteiger partial charge in [-0.25, -0.2) is 4.98 Å². The normalized spacial score (nSPS) is 19.6. The van der Waals surface area contributed by atoms with Crippen LogP contribution in [0.3, 0.4) is 0 Å². The van der Waals surface area contributed by atoms with Gasteiger partial charge in [-0.3, -0.25) is 4.79 Å². The average molecular weight is 299 g/mol. The van der Waals surface area contributed by atoms with Gasteiger partial charge in [0.25, 0.3) is 0 Å². The third kappa shape index (κ3) is 4.08. The molecule has 0 spiro atoms. The van der Waals surface area contributed by atoms with Crippen LogP contribution in [0.1, 0.15) is 20.3 Å². The maximum atomic E-state index is 11.9. The van der Waals surface area contributed by atoms with Gasteiger partial charge in [0, 0.05) is 25.3 Å². The zero-order valence-corrected chi connectivity index (χ0v) is 12.8. The predicted octanol–water partition coefficient (Wildman–Crippen LogP) is 1.18. The summed E-state index contributed by atoms with van der Waals surface area (Å²) in [5.41, 5.74) is 5.85. The first-order valence-electron chi connectivity index (χ1n) is 6.80. The summed E-state index contributed by atoms with van der Waals surface area (Å²) in [7, 11) is 0. The molecule has 1 aliphatic rings. The number of rotatable bonds is 4. The van der Waals surface area contributed by atoms with Gasteiger partial charge in [-0.2, -0.15) is 0 Å². The minimum atomic E-state index is -0.427. The number of hydrogen-bond donors (Lipinski definition) is 2. The summed E-state index contributed by atoms with van der Waals surface area (Å²) in [5, 5.41) is 3.03. The fourth-order valence-electron chi connectivity index (χ4n) is 2.23. The van der Waals surface area contributed by atoms with Gasteiger partial charge in [0.15, 0.2) is 0 Å². The van der Waals surface area contributed by atoms with Crippen molar-refractivity contribution in [1.29, 1.82) is 0 Å². The lowest BCUT2D eigenvalue weighted by molar-refractivity contribution is -0.123. The Morgan fingerprint density at radius 1 is 1.50 bits per heavy atom. The molecule has 6 heteroatoms. The molecule has 0 radical (unpaired) electrons. The number of nitrogens with two attached hydrogens (primary N) is 1. The molecular formula is C14H23ClN4O. The van der Waals surface area contributed by atoms with Crippen molar-refractivity contribution in [3.05, 3.63) is 24.4 Å². The van der Waals surface area contributed by atoms with E-state index in [1.54, 1.807) is 6.20 Å². The summed E-state index contributed by atoms with van der Waals surface area (Å²) in [6.45, 7) is 5.63. The number of halogens is 1. The molecule has 5 nitrogen and oxygen atoms in total. The Hall–Kier alpha value is -1.33. The lowest BCUT2D eigenvalue weighted by atomic mass is 10.0. The van der Waals surface area contributed by atoms with Gasteiger partial charge < -0.3 is 16.0 Å². The molecule has 1 aliphatic heterocycles. The summed E-state index contributed by atoms with van der Waals surface area (Å²) in [6, 6.07) is 5.61. The Balaban J connectivity index is 0.00000200. The third-order valence-electron chi connectivity index (χ3n) is 3.53. The van der Waals surface area contributed by atoms with E-state index in [-0.39, 0.29) is 30.3 Å². The number of carbonyl (C=O) groups excluding carboxylic acids is 1. The van der Waals surface area contributed by atoms with Crippen molar-refractivity contribution in [2.75, 3.05) is 18.0 Å². The maximum Gasteiger partial charge on any atom is 0.237 e. The van der Waals surface area contributed by atoms with Crippen molar-refractivity contribution in [2.45, 2.75) is 32.4 Å². The Bertz CT molecular complexity index is 426. The molecule has 3 N–H and O–H groups in total. The van der Waals surface area contributed by atoms with E-state index in [0.29, 0.717) is 0 Å². The van der Waals surface area contributed by atoms with Gasteiger partial charge in [0.2, 0.25) is 5.91 Å². The minimum absolute atomic E-state index is 0. The fourth-order valence-corrected chi connectivity index (χ4v) is 2.23. The number of anilines is 1. The van der Waals surface area contributed by atoms with Gasteiger partial charge in [0.05, 0.1) is 6.04 Å². The van der Waals surface area contributed by atoms with Gasteiger partial charge in [0.1, 0.15) is 5.82 Å². The van der Waals surface area contributed by atoms with Gasteiger partial charge in [-0.05, 0) is 24.5 Å². The van der Waals surface area contributed by atoms with Crippen LogP contribution in [-0.4, -0.2) is 36.1 Å². The molecule has 112 valence electrons. The van der Waals surface area contributed by atoms with E-state index in [9.17, 15) is 4.79 Å². The van der Waals surface area contributed by atoms with E-state index in [4.69, 9.17) is 5.73 Å². The number of carbonyl (C=O) groups is 1. The summed E-state index contributed by atoms with van der Waals surface area (Å²) in [4.78, 5) is 18.4. The molecule has 1 aromatic heterocycles. The molecule has 2 atom stereocenters. The molecule has 1 fully saturated rings. The quantitative estimate of drug-likeness (QED) is 0.876. The summed E-state index contributed by atoms with van der Waals surface area (Å²) in [6.07, 6.45) is 2.73. The standard InChI is InChI=1S/C14H22N4O.ClH/c1-10(2)13(15)14(19)17-11-6-8-18(9-11)12-5-3-4-7-16-12;/h3-5,7,10-11,13H,6,8-9,15H2,1-2H3,(H,17,19);1H/t11?,13-;/m0./s1. The first-order valence-corrected chi connectivity index (χ1v) is 6.80. The zero-order chi connectivity index (χ0) is 13.8. The van der Waals surface area contributed by atoms with Crippen molar-refractivity contribution in [3.63, 3.8) is 0 Å². The van der Waals surface area contributed by atoms with Crippen molar-refractivity contribution >= 4 is 24.1 Å². The monoisotopic (exact) mass is 298 g/mol. The first-order chi connectivity index (χ1) is 9.08. The molecule has 20 heavy (non-hydrogen) atoms. The topological polar surface area (TPSA) is 71.2 Å². The molecule has 1 unspecified atom stereocenters. The first kappa shape index (κ1) is 16.7. The average Bonchev–Trinajstić information content (AvgIpc) is 2.87. The molecule has 1 saturated heterocycles. The zero-order valence-electron chi connectivity index (χ0n) is 12.0. The molecule has 1 aromatic rings. The summed E-state index contributed by atoms with van der Waals surface area (Å²) < 4.78 is 0. The van der Waals surface area contributed by atoms with E-state index in [1.165, 1.54) is 0 Å². The second-order valence-corrected chi connectivity index (χ2v) is 5.40. The number of nitrogens with zero attached hydrogens (tertiary/aromatic N) is 2. The molecule has 0 aliphatic carbocycles. The summed E-state index contributed by atoms with van der Waals surface area (Å²) >= 11 is 0. The number of aromatic nitrogens is 1.